The van der Waals surface area contributed by atoms with E-state index in [1.165, 1.54) is 0 Å². The van der Waals surface area contributed by atoms with Gasteiger partial charge in [0.15, 0.2) is 0 Å². The van der Waals surface area contributed by atoms with E-state index in [0.717, 1.165) is 26.2 Å². The van der Waals surface area contributed by atoms with Gasteiger partial charge in [-0.05, 0) is 5.92 Å². The first-order chi connectivity index (χ1) is 7.13. The summed E-state index contributed by atoms with van der Waals surface area (Å²) in [6.45, 7) is 9.12. The lowest BCUT2D eigenvalue weighted by molar-refractivity contribution is -0.136. The number of nitrogens with zero attached hydrogens (tertiary/aromatic N) is 2. The quantitative estimate of drug-likeness (QED) is 0.665. The molecule has 1 rings (SSSR count). The molecule has 88 valence electrons. The number of rotatable bonds is 5. The van der Waals surface area contributed by atoms with Crippen molar-refractivity contribution >= 4 is 5.91 Å². The second-order valence-corrected chi connectivity index (χ2v) is 4.50. The first kappa shape index (κ1) is 12.5. The molecule has 1 fully saturated rings. The van der Waals surface area contributed by atoms with E-state index in [9.17, 15) is 4.79 Å². The standard InChI is InChI=1S/C11H22N2O2/c1-10(2)8-13-5-4-12(6-7-15-3)9-11(13)14/h10H,4-9H2,1-3H3. The number of piperazine rings is 1. The number of amides is 1. The van der Waals surface area contributed by atoms with Crippen molar-refractivity contribution in [3.63, 3.8) is 0 Å². The fourth-order valence-corrected chi connectivity index (χ4v) is 1.80. The maximum atomic E-state index is 11.7. The van der Waals surface area contributed by atoms with E-state index in [1.54, 1.807) is 7.11 Å². The van der Waals surface area contributed by atoms with Crippen LogP contribution >= 0.6 is 0 Å². The van der Waals surface area contributed by atoms with Crippen molar-refractivity contribution in [2.24, 2.45) is 5.92 Å². The van der Waals surface area contributed by atoms with E-state index in [4.69, 9.17) is 4.74 Å². The molecule has 1 heterocycles. The molecular weight excluding hydrogens is 192 g/mol. The van der Waals surface area contributed by atoms with Crippen LogP contribution in [0.4, 0.5) is 0 Å². The molecule has 1 aliphatic heterocycles. The number of hydrogen-bond donors (Lipinski definition) is 0. The van der Waals surface area contributed by atoms with Crippen molar-refractivity contribution < 1.29 is 9.53 Å². The highest BCUT2D eigenvalue weighted by atomic mass is 16.5. The van der Waals surface area contributed by atoms with Gasteiger partial charge in [-0.3, -0.25) is 9.69 Å². The maximum Gasteiger partial charge on any atom is 0.236 e. The molecule has 0 saturated carbocycles. The van der Waals surface area contributed by atoms with E-state index in [1.807, 2.05) is 4.90 Å². The van der Waals surface area contributed by atoms with Gasteiger partial charge < -0.3 is 9.64 Å². The number of carbonyl (C=O) groups excluding carboxylic acids is 1. The summed E-state index contributed by atoms with van der Waals surface area (Å²) in [5, 5.41) is 0. The summed E-state index contributed by atoms with van der Waals surface area (Å²) < 4.78 is 5.00. The van der Waals surface area contributed by atoms with Crippen LogP contribution < -0.4 is 0 Å². The van der Waals surface area contributed by atoms with Gasteiger partial charge in [0.05, 0.1) is 13.2 Å². The first-order valence-corrected chi connectivity index (χ1v) is 5.62. The normalized spacial score (nSPS) is 18.9. The Bertz CT molecular complexity index is 207. The highest BCUT2D eigenvalue weighted by Gasteiger charge is 2.23. The molecule has 0 bridgehead atoms. The van der Waals surface area contributed by atoms with Crippen molar-refractivity contribution in [3.05, 3.63) is 0 Å². The Labute approximate surface area is 92.2 Å². The van der Waals surface area contributed by atoms with E-state index in [2.05, 4.69) is 18.7 Å². The lowest BCUT2D eigenvalue weighted by atomic mass is 10.2. The molecule has 0 aromatic rings. The summed E-state index contributed by atoms with van der Waals surface area (Å²) in [5.74, 6) is 0.811. The smallest absolute Gasteiger partial charge is 0.236 e. The zero-order chi connectivity index (χ0) is 11.3. The number of carbonyl (C=O) groups is 1. The molecule has 1 aliphatic rings. The summed E-state index contributed by atoms with van der Waals surface area (Å²) in [6.07, 6.45) is 0. The van der Waals surface area contributed by atoms with Gasteiger partial charge in [0, 0.05) is 33.3 Å². The molecule has 0 spiro atoms. The molecule has 1 amide bonds. The molecule has 1 saturated heterocycles. The van der Waals surface area contributed by atoms with Gasteiger partial charge in [-0.1, -0.05) is 13.8 Å². The molecule has 0 aromatic heterocycles. The number of hydrogen-bond acceptors (Lipinski definition) is 3. The largest absolute Gasteiger partial charge is 0.383 e. The third-order valence-corrected chi connectivity index (χ3v) is 2.59. The maximum absolute atomic E-state index is 11.7. The average molecular weight is 214 g/mol. The molecule has 0 atom stereocenters. The van der Waals surface area contributed by atoms with Crippen LogP contribution in [0.3, 0.4) is 0 Å². The Balaban J connectivity index is 2.31. The minimum Gasteiger partial charge on any atom is -0.383 e. The predicted molar refractivity (Wildman–Crippen MR) is 59.7 cm³/mol. The monoisotopic (exact) mass is 214 g/mol. The molecule has 0 aliphatic carbocycles. The summed E-state index contributed by atoms with van der Waals surface area (Å²) >= 11 is 0. The van der Waals surface area contributed by atoms with E-state index in [-0.39, 0.29) is 5.91 Å². The fraction of sp³-hybridized carbons (Fsp3) is 0.909. The zero-order valence-corrected chi connectivity index (χ0v) is 10.0. The minimum absolute atomic E-state index is 0.256. The average Bonchev–Trinajstić information content (AvgIpc) is 2.18. The SMILES string of the molecule is COCCN1CCN(CC(C)C)C(=O)C1. The summed E-state index contributed by atoms with van der Waals surface area (Å²) in [7, 11) is 1.69. The predicted octanol–water partition coefficient (Wildman–Crippen LogP) is 0.433. The molecular formula is C11H22N2O2. The van der Waals surface area contributed by atoms with Crippen LogP contribution in [0.5, 0.6) is 0 Å². The van der Waals surface area contributed by atoms with Crippen LogP contribution in [0.15, 0.2) is 0 Å². The van der Waals surface area contributed by atoms with Crippen LogP contribution in [0.2, 0.25) is 0 Å². The third kappa shape index (κ3) is 4.18. The highest BCUT2D eigenvalue weighted by Crippen LogP contribution is 2.06. The molecule has 0 unspecified atom stereocenters. The number of ether oxygens (including phenoxy) is 1. The van der Waals surface area contributed by atoms with Gasteiger partial charge in [-0.2, -0.15) is 0 Å². The summed E-state index contributed by atoms with van der Waals surface area (Å²) in [4.78, 5) is 15.9. The lowest BCUT2D eigenvalue weighted by Gasteiger charge is -2.35. The Kier molecular flexibility index (Phi) is 5.05. The van der Waals surface area contributed by atoms with Crippen LogP contribution in [0, 0.1) is 5.92 Å². The summed E-state index contributed by atoms with van der Waals surface area (Å²) in [6, 6.07) is 0. The molecule has 4 heteroatoms. The zero-order valence-electron chi connectivity index (χ0n) is 10.0. The molecule has 15 heavy (non-hydrogen) atoms. The van der Waals surface area contributed by atoms with Gasteiger partial charge in [0.25, 0.3) is 0 Å². The number of methoxy groups -OCH3 is 1. The lowest BCUT2D eigenvalue weighted by Crippen LogP contribution is -2.51. The van der Waals surface area contributed by atoms with Gasteiger partial charge >= 0.3 is 0 Å². The van der Waals surface area contributed by atoms with Gasteiger partial charge in [-0.25, -0.2) is 0 Å². The Morgan fingerprint density at radius 1 is 1.40 bits per heavy atom. The van der Waals surface area contributed by atoms with Gasteiger partial charge in [-0.15, -0.1) is 0 Å². The third-order valence-electron chi connectivity index (χ3n) is 2.59. The van der Waals surface area contributed by atoms with Crippen LogP contribution in [0.25, 0.3) is 0 Å². The van der Waals surface area contributed by atoms with Gasteiger partial charge in [0.1, 0.15) is 0 Å². The molecule has 0 N–H and O–H groups in total. The Morgan fingerprint density at radius 2 is 2.13 bits per heavy atom. The van der Waals surface area contributed by atoms with Crippen LogP contribution in [0.1, 0.15) is 13.8 Å². The van der Waals surface area contributed by atoms with Crippen molar-refractivity contribution in [1.82, 2.24) is 9.80 Å². The second kappa shape index (κ2) is 6.08. The first-order valence-electron chi connectivity index (χ1n) is 5.62. The molecule has 0 aromatic carbocycles. The van der Waals surface area contributed by atoms with Crippen LogP contribution in [-0.2, 0) is 9.53 Å². The Morgan fingerprint density at radius 3 is 2.67 bits per heavy atom. The topological polar surface area (TPSA) is 32.8 Å². The van der Waals surface area contributed by atoms with Gasteiger partial charge in [0.2, 0.25) is 5.91 Å². The van der Waals surface area contributed by atoms with Crippen molar-refractivity contribution in [2.75, 3.05) is 46.4 Å². The molecule has 0 radical (unpaired) electrons. The Hall–Kier alpha value is -0.610. The fourth-order valence-electron chi connectivity index (χ4n) is 1.80. The van der Waals surface area contributed by atoms with Crippen LogP contribution in [-0.4, -0.2) is 62.1 Å². The van der Waals surface area contributed by atoms with Crippen molar-refractivity contribution in [2.45, 2.75) is 13.8 Å². The van der Waals surface area contributed by atoms with Crippen molar-refractivity contribution in [3.8, 4) is 0 Å². The second-order valence-electron chi connectivity index (χ2n) is 4.50. The summed E-state index contributed by atoms with van der Waals surface area (Å²) in [5.41, 5.74) is 0. The van der Waals surface area contributed by atoms with E-state index in [0.29, 0.717) is 19.1 Å². The van der Waals surface area contributed by atoms with Crippen molar-refractivity contribution in [1.29, 1.82) is 0 Å². The molecule has 4 nitrogen and oxygen atoms in total. The minimum atomic E-state index is 0.256. The van der Waals surface area contributed by atoms with E-state index < -0.39 is 0 Å². The highest BCUT2D eigenvalue weighted by molar-refractivity contribution is 5.79. The van der Waals surface area contributed by atoms with E-state index >= 15 is 0 Å².